The topological polar surface area (TPSA) is 30.5 Å². The lowest BCUT2D eigenvalue weighted by Gasteiger charge is -2.20. The van der Waals surface area contributed by atoms with Gasteiger partial charge in [0.25, 0.3) is 0 Å². The first-order valence-electron chi connectivity index (χ1n) is 6.40. The first-order chi connectivity index (χ1) is 10.1. The maximum Gasteiger partial charge on any atom is 0.179 e. The molecule has 0 saturated carbocycles. The summed E-state index contributed by atoms with van der Waals surface area (Å²) in [5, 5.41) is 3.94. The minimum Gasteiger partial charge on any atom is -0.486 e. The molecule has 0 unspecified atom stereocenters. The van der Waals surface area contributed by atoms with Crippen LogP contribution in [0.5, 0.6) is 11.5 Å². The van der Waals surface area contributed by atoms with E-state index in [1.807, 2.05) is 6.07 Å². The Bertz CT molecular complexity index is 679. The van der Waals surface area contributed by atoms with Gasteiger partial charge in [-0.3, -0.25) is 0 Å². The Labute approximate surface area is 131 Å². The van der Waals surface area contributed by atoms with Crippen LogP contribution < -0.4 is 14.8 Å². The number of ether oxygens (including phenoxy) is 2. The summed E-state index contributed by atoms with van der Waals surface area (Å²) in [4.78, 5) is 0. The standard InChI is InChI=1S/C15H12Cl2FNO2/c16-10-1-2-12(18)13(7-10)19-8-9-5-11(17)15-14(6-9)20-3-4-21-15/h1-2,5-7,19H,3-4,8H2. The summed E-state index contributed by atoms with van der Waals surface area (Å²) in [5.41, 5.74) is 1.21. The van der Waals surface area contributed by atoms with Gasteiger partial charge in [0.1, 0.15) is 19.0 Å². The van der Waals surface area contributed by atoms with Crippen LogP contribution >= 0.6 is 23.2 Å². The molecule has 2 aromatic carbocycles. The van der Waals surface area contributed by atoms with Gasteiger partial charge in [0.15, 0.2) is 11.5 Å². The zero-order valence-electron chi connectivity index (χ0n) is 11.0. The van der Waals surface area contributed by atoms with Gasteiger partial charge in [-0.1, -0.05) is 23.2 Å². The number of hydrogen-bond acceptors (Lipinski definition) is 3. The molecular formula is C15H12Cl2FNO2. The maximum atomic E-state index is 13.6. The van der Waals surface area contributed by atoms with Gasteiger partial charge in [0.05, 0.1) is 10.7 Å². The molecule has 1 aliphatic rings. The van der Waals surface area contributed by atoms with Crippen molar-refractivity contribution in [3.8, 4) is 11.5 Å². The van der Waals surface area contributed by atoms with E-state index >= 15 is 0 Å². The van der Waals surface area contributed by atoms with Crippen LogP contribution in [0.25, 0.3) is 0 Å². The second kappa shape index (κ2) is 6.00. The van der Waals surface area contributed by atoms with Crippen LogP contribution in [0.1, 0.15) is 5.56 Å². The van der Waals surface area contributed by atoms with E-state index in [4.69, 9.17) is 32.7 Å². The van der Waals surface area contributed by atoms with Gasteiger partial charge in [-0.2, -0.15) is 0 Å². The van der Waals surface area contributed by atoms with E-state index in [0.717, 1.165) is 5.56 Å². The summed E-state index contributed by atoms with van der Waals surface area (Å²) < 4.78 is 24.6. The van der Waals surface area contributed by atoms with E-state index in [9.17, 15) is 4.39 Å². The molecule has 3 rings (SSSR count). The predicted octanol–water partition coefficient (Wildman–Crippen LogP) is 4.52. The monoisotopic (exact) mass is 327 g/mol. The Morgan fingerprint density at radius 3 is 2.76 bits per heavy atom. The van der Waals surface area contributed by atoms with Gasteiger partial charge in [0, 0.05) is 11.6 Å². The van der Waals surface area contributed by atoms with Crippen molar-refractivity contribution in [3.63, 3.8) is 0 Å². The van der Waals surface area contributed by atoms with Gasteiger partial charge >= 0.3 is 0 Å². The molecule has 21 heavy (non-hydrogen) atoms. The zero-order chi connectivity index (χ0) is 14.8. The fraction of sp³-hybridized carbons (Fsp3) is 0.200. The highest BCUT2D eigenvalue weighted by atomic mass is 35.5. The molecule has 110 valence electrons. The van der Waals surface area contributed by atoms with Crippen LogP contribution in [0.3, 0.4) is 0 Å². The minimum absolute atomic E-state index is 0.341. The molecule has 1 heterocycles. The van der Waals surface area contributed by atoms with Crippen molar-refractivity contribution >= 4 is 28.9 Å². The Kier molecular flexibility index (Phi) is 4.08. The highest BCUT2D eigenvalue weighted by Crippen LogP contribution is 2.38. The molecule has 3 nitrogen and oxygen atoms in total. The van der Waals surface area contributed by atoms with Crippen LogP contribution in [0.4, 0.5) is 10.1 Å². The average molecular weight is 328 g/mol. The summed E-state index contributed by atoms with van der Waals surface area (Å²) in [5.74, 6) is 0.806. The van der Waals surface area contributed by atoms with Crippen molar-refractivity contribution in [1.29, 1.82) is 0 Å². The lowest BCUT2D eigenvalue weighted by molar-refractivity contribution is 0.171. The smallest absolute Gasteiger partial charge is 0.179 e. The number of hydrogen-bond donors (Lipinski definition) is 1. The van der Waals surface area contributed by atoms with E-state index in [-0.39, 0.29) is 5.82 Å². The summed E-state index contributed by atoms with van der Waals surface area (Å²) in [6, 6.07) is 7.96. The highest BCUT2D eigenvalue weighted by Gasteiger charge is 2.16. The molecule has 0 aliphatic carbocycles. The van der Waals surface area contributed by atoms with Gasteiger partial charge in [0.2, 0.25) is 0 Å². The molecule has 0 bridgehead atoms. The Morgan fingerprint density at radius 1 is 1.10 bits per heavy atom. The third-order valence-electron chi connectivity index (χ3n) is 3.07. The van der Waals surface area contributed by atoms with Crippen molar-refractivity contribution in [3.05, 3.63) is 51.8 Å². The van der Waals surface area contributed by atoms with Crippen molar-refractivity contribution in [1.82, 2.24) is 0 Å². The van der Waals surface area contributed by atoms with Gasteiger partial charge in [-0.15, -0.1) is 0 Å². The van der Waals surface area contributed by atoms with Crippen LogP contribution in [0.15, 0.2) is 30.3 Å². The fourth-order valence-electron chi connectivity index (χ4n) is 2.10. The number of anilines is 1. The Morgan fingerprint density at radius 2 is 1.90 bits per heavy atom. The fourth-order valence-corrected chi connectivity index (χ4v) is 2.56. The third kappa shape index (κ3) is 3.17. The zero-order valence-corrected chi connectivity index (χ0v) is 12.5. The molecule has 0 spiro atoms. The molecule has 0 aromatic heterocycles. The summed E-state index contributed by atoms with van der Waals surface area (Å²) in [6.45, 7) is 1.37. The normalized spacial score (nSPS) is 13.1. The SMILES string of the molecule is Fc1ccc(Cl)cc1NCc1cc(Cl)c2c(c1)OCCO2. The number of nitrogens with one attached hydrogen (secondary N) is 1. The first kappa shape index (κ1) is 14.3. The molecule has 0 amide bonds. The number of benzene rings is 2. The summed E-state index contributed by atoms with van der Waals surface area (Å²) >= 11 is 12.0. The highest BCUT2D eigenvalue weighted by molar-refractivity contribution is 6.32. The van der Waals surface area contributed by atoms with E-state index in [1.165, 1.54) is 18.2 Å². The van der Waals surface area contributed by atoms with Crippen LogP contribution in [-0.2, 0) is 6.54 Å². The van der Waals surface area contributed by atoms with Gasteiger partial charge < -0.3 is 14.8 Å². The van der Waals surface area contributed by atoms with Gasteiger partial charge in [-0.05, 0) is 35.9 Å². The Hall–Kier alpha value is -1.65. The van der Waals surface area contributed by atoms with Crippen molar-refractivity contribution in [2.45, 2.75) is 6.54 Å². The molecule has 6 heteroatoms. The van der Waals surface area contributed by atoms with E-state index in [2.05, 4.69) is 5.32 Å². The molecule has 0 saturated heterocycles. The first-order valence-corrected chi connectivity index (χ1v) is 7.16. The Balaban J connectivity index is 1.79. The number of fused-ring (bicyclic) bond motifs is 1. The number of rotatable bonds is 3. The second-order valence-corrected chi connectivity index (χ2v) is 5.42. The molecular weight excluding hydrogens is 316 g/mol. The number of halogens is 3. The van der Waals surface area contributed by atoms with Crippen molar-refractivity contribution in [2.24, 2.45) is 0 Å². The minimum atomic E-state index is -0.358. The van der Waals surface area contributed by atoms with Crippen LogP contribution in [0.2, 0.25) is 10.0 Å². The van der Waals surface area contributed by atoms with Gasteiger partial charge in [-0.25, -0.2) is 4.39 Å². The largest absolute Gasteiger partial charge is 0.486 e. The van der Waals surface area contributed by atoms with Crippen LogP contribution in [-0.4, -0.2) is 13.2 Å². The molecule has 0 fully saturated rings. The van der Waals surface area contributed by atoms with E-state index in [1.54, 1.807) is 6.07 Å². The molecule has 0 radical (unpaired) electrons. The molecule has 1 aliphatic heterocycles. The molecule has 0 atom stereocenters. The average Bonchev–Trinajstić information content (AvgIpc) is 2.48. The lowest BCUT2D eigenvalue weighted by Crippen LogP contribution is -2.16. The molecule has 1 N–H and O–H groups in total. The third-order valence-corrected chi connectivity index (χ3v) is 3.58. The van der Waals surface area contributed by atoms with Crippen molar-refractivity contribution in [2.75, 3.05) is 18.5 Å². The molecule has 2 aromatic rings. The van der Waals surface area contributed by atoms with E-state index < -0.39 is 0 Å². The maximum absolute atomic E-state index is 13.6. The van der Waals surface area contributed by atoms with E-state index in [0.29, 0.717) is 47.0 Å². The van der Waals surface area contributed by atoms with Crippen molar-refractivity contribution < 1.29 is 13.9 Å². The lowest BCUT2D eigenvalue weighted by atomic mass is 10.2. The quantitative estimate of drug-likeness (QED) is 0.899. The second-order valence-electron chi connectivity index (χ2n) is 4.58. The predicted molar refractivity (Wildman–Crippen MR) is 81.2 cm³/mol. The van der Waals surface area contributed by atoms with Crippen LogP contribution in [0, 0.1) is 5.82 Å². The summed E-state index contributed by atoms with van der Waals surface area (Å²) in [7, 11) is 0. The summed E-state index contributed by atoms with van der Waals surface area (Å²) in [6.07, 6.45) is 0.